The Morgan fingerprint density at radius 2 is 0.519 bits per heavy atom. The fraction of sp³-hybridized carbons (Fsp3) is 0.747. The lowest BCUT2D eigenvalue weighted by molar-refractivity contribution is -0.166. The van der Waals surface area contributed by atoms with Crippen molar-refractivity contribution in [1.82, 2.24) is 0 Å². The van der Waals surface area contributed by atoms with Crippen molar-refractivity contribution in [2.45, 2.75) is 348 Å². The molecule has 0 aliphatic heterocycles. The minimum atomic E-state index is -0.838. The molecular weight excluding hydrogens is 997 g/mol. The van der Waals surface area contributed by atoms with Gasteiger partial charge in [-0.1, -0.05) is 317 Å². The number of carbonyl (C=O) groups excluding carboxylic acids is 3. The third kappa shape index (κ3) is 67.0. The normalized spacial score (nSPS) is 12.7. The maximum atomic E-state index is 12.8. The summed E-state index contributed by atoms with van der Waals surface area (Å²) in [6, 6.07) is 0. The van der Waals surface area contributed by atoms with Crippen molar-refractivity contribution in [3.63, 3.8) is 0 Å². The van der Waals surface area contributed by atoms with Gasteiger partial charge in [-0.3, -0.25) is 14.4 Å². The topological polar surface area (TPSA) is 78.9 Å². The van der Waals surface area contributed by atoms with Crippen LogP contribution in [0.3, 0.4) is 0 Å². The number of rotatable bonds is 63. The number of hydrogen-bond donors (Lipinski definition) is 0. The minimum absolute atomic E-state index is 0.0938. The van der Waals surface area contributed by atoms with Crippen molar-refractivity contribution >= 4 is 17.9 Å². The fourth-order valence-electron chi connectivity index (χ4n) is 9.90. The summed E-state index contributed by atoms with van der Waals surface area (Å²) in [6.45, 7) is 6.44. The fourth-order valence-corrected chi connectivity index (χ4v) is 9.90. The van der Waals surface area contributed by atoms with Crippen LogP contribution in [0, 0.1) is 0 Å². The van der Waals surface area contributed by atoms with Crippen molar-refractivity contribution in [2.75, 3.05) is 13.2 Å². The zero-order chi connectivity index (χ0) is 58.5. The molecule has 0 amide bonds. The SMILES string of the molecule is CC/C=C\C/C=C\C/C=C\C/C=C\C/C=C\CC(=O)OC(COC(=O)CCCCCCC/C=C\C/C=C\CCCCC)COC(=O)CCCCCCCCCCCCCCCCCCCCCCC/C=C\CCCCCCCCCC. The Hall–Kier alpha value is -3.67. The molecule has 0 spiro atoms. The van der Waals surface area contributed by atoms with Crippen LogP contribution in [0.4, 0.5) is 0 Å². The lowest BCUT2D eigenvalue weighted by atomic mass is 10.0. The predicted molar refractivity (Wildman–Crippen MR) is 353 cm³/mol. The lowest BCUT2D eigenvalue weighted by Crippen LogP contribution is -2.30. The summed E-state index contributed by atoms with van der Waals surface area (Å²) in [5.74, 6) is -1.05. The maximum Gasteiger partial charge on any atom is 0.310 e. The van der Waals surface area contributed by atoms with E-state index in [-0.39, 0.29) is 31.6 Å². The number of hydrogen-bond acceptors (Lipinski definition) is 6. The van der Waals surface area contributed by atoms with Crippen LogP contribution < -0.4 is 0 Å². The maximum absolute atomic E-state index is 12.8. The second-order valence-corrected chi connectivity index (χ2v) is 23.1. The zero-order valence-electron chi connectivity index (χ0n) is 53.5. The van der Waals surface area contributed by atoms with Crippen molar-refractivity contribution in [1.29, 1.82) is 0 Å². The van der Waals surface area contributed by atoms with Gasteiger partial charge in [0.15, 0.2) is 6.10 Å². The molecule has 0 aromatic heterocycles. The second-order valence-electron chi connectivity index (χ2n) is 23.1. The van der Waals surface area contributed by atoms with Crippen LogP contribution in [0.1, 0.15) is 342 Å². The van der Waals surface area contributed by atoms with Crippen LogP contribution in [0.5, 0.6) is 0 Å². The molecule has 6 heteroatoms. The predicted octanol–water partition coefficient (Wildman–Crippen LogP) is 24.0. The van der Waals surface area contributed by atoms with Gasteiger partial charge in [0.05, 0.1) is 6.42 Å². The Bertz CT molecular complexity index is 1580. The molecule has 0 aromatic carbocycles. The van der Waals surface area contributed by atoms with E-state index in [4.69, 9.17) is 14.2 Å². The largest absolute Gasteiger partial charge is 0.462 e. The van der Waals surface area contributed by atoms with Crippen molar-refractivity contribution in [3.8, 4) is 0 Å². The van der Waals surface area contributed by atoms with Gasteiger partial charge in [-0.05, 0) is 103 Å². The first-order chi connectivity index (χ1) is 40.0. The molecule has 0 fully saturated rings. The van der Waals surface area contributed by atoms with E-state index in [1.165, 1.54) is 205 Å². The van der Waals surface area contributed by atoms with Gasteiger partial charge < -0.3 is 14.2 Å². The van der Waals surface area contributed by atoms with E-state index in [9.17, 15) is 14.4 Å². The lowest BCUT2D eigenvalue weighted by Gasteiger charge is -2.18. The number of unbranched alkanes of at least 4 members (excludes halogenated alkanes) is 37. The van der Waals surface area contributed by atoms with Gasteiger partial charge in [0, 0.05) is 12.8 Å². The second kappa shape index (κ2) is 68.8. The minimum Gasteiger partial charge on any atom is -0.462 e. The van der Waals surface area contributed by atoms with E-state index < -0.39 is 12.1 Å². The molecule has 0 heterocycles. The number of allylic oxidation sites excluding steroid dienone is 15. The summed E-state index contributed by atoms with van der Waals surface area (Å²) in [5, 5.41) is 0. The highest BCUT2D eigenvalue weighted by atomic mass is 16.6. The molecule has 0 radical (unpaired) electrons. The molecule has 0 saturated carbocycles. The van der Waals surface area contributed by atoms with E-state index in [0.29, 0.717) is 12.8 Å². The van der Waals surface area contributed by atoms with Gasteiger partial charge in [0.25, 0.3) is 0 Å². The van der Waals surface area contributed by atoms with Crippen LogP contribution in [0.25, 0.3) is 0 Å². The van der Waals surface area contributed by atoms with Crippen molar-refractivity contribution in [3.05, 3.63) is 97.2 Å². The molecular formula is C75H130O6. The molecule has 0 saturated heterocycles. The van der Waals surface area contributed by atoms with Crippen LogP contribution in [0.15, 0.2) is 97.2 Å². The molecule has 0 rings (SSSR count). The summed E-state index contributed by atoms with van der Waals surface area (Å²) in [6.07, 6.45) is 93.4. The average molecular weight is 1130 g/mol. The van der Waals surface area contributed by atoms with Crippen LogP contribution in [-0.4, -0.2) is 37.2 Å². The number of carbonyl (C=O) groups is 3. The molecule has 0 aromatic rings. The third-order valence-corrected chi connectivity index (χ3v) is 15.1. The van der Waals surface area contributed by atoms with Gasteiger partial charge >= 0.3 is 17.9 Å². The van der Waals surface area contributed by atoms with Gasteiger partial charge in [-0.15, -0.1) is 0 Å². The van der Waals surface area contributed by atoms with Gasteiger partial charge in [-0.2, -0.15) is 0 Å². The van der Waals surface area contributed by atoms with Crippen molar-refractivity contribution < 1.29 is 28.6 Å². The first-order valence-corrected chi connectivity index (χ1v) is 34.7. The first-order valence-electron chi connectivity index (χ1n) is 34.7. The molecule has 0 bridgehead atoms. The summed E-state index contributed by atoms with van der Waals surface area (Å²) >= 11 is 0. The Morgan fingerprint density at radius 1 is 0.272 bits per heavy atom. The Balaban J connectivity index is 4.20. The van der Waals surface area contributed by atoms with Crippen molar-refractivity contribution in [2.24, 2.45) is 0 Å². The standard InChI is InChI=1S/C75H130O6/c1-4-7-10-13-16-19-22-25-28-29-30-31-32-33-34-35-36-37-38-39-40-41-42-43-44-45-48-50-53-56-59-62-65-68-74(77)80-71-72(81-75(78)69-66-63-60-57-54-51-47-27-24-21-18-15-12-9-6-3)70-79-73(76)67-64-61-58-55-52-49-46-26-23-20-17-14-11-8-5-2/h9,12,17-18,20-21,26-27,29-30,46-47,54,57,63,66,72H,4-8,10-11,13-16,19,22-25,28,31-45,48-53,55-56,58-62,64-65,67-71H2,1-3H3/b12-9-,20-17-,21-18-,30-29-,46-26-,47-27-,57-54-,66-63-. The molecule has 1 unspecified atom stereocenters. The summed E-state index contributed by atoms with van der Waals surface area (Å²) in [4.78, 5) is 38.2. The van der Waals surface area contributed by atoms with E-state index in [2.05, 4.69) is 106 Å². The van der Waals surface area contributed by atoms with E-state index in [1.54, 1.807) is 6.08 Å². The van der Waals surface area contributed by atoms with Crippen LogP contribution in [-0.2, 0) is 28.6 Å². The smallest absolute Gasteiger partial charge is 0.310 e. The van der Waals surface area contributed by atoms with E-state index in [0.717, 1.165) is 96.3 Å². The number of esters is 3. The molecule has 0 aliphatic rings. The summed E-state index contributed by atoms with van der Waals surface area (Å²) < 4.78 is 16.8. The Kier molecular flexibility index (Phi) is 65.7. The average Bonchev–Trinajstić information content (AvgIpc) is 3.47. The number of ether oxygens (including phenoxy) is 3. The van der Waals surface area contributed by atoms with E-state index >= 15 is 0 Å². The molecule has 0 aliphatic carbocycles. The highest BCUT2D eigenvalue weighted by Gasteiger charge is 2.19. The third-order valence-electron chi connectivity index (χ3n) is 15.1. The molecule has 6 nitrogen and oxygen atoms in total. The highest BCUT2D eigenvalue weighted by Crippen LogP contribution is 2.17. The monoisotopic (exact) mass is 1130 g/mol. The summed E-state index contributed by atoms with van der Waals surface area (Å²) in [7, 11) is 0. The first kappa shape index (κ1) is 77.3. The van der Waals surface area contributed by atoms with Gasteiger partial charge in [0.1, 0.15) is 13.2 Å². The molecule has 1 atom stereocenters. The van der Waals surface area contributed by atoms with Gasteiger partial charge in [-0.25, -0.2) is 0 Å². The molecule has 0 N–H and O–H groups in total. The molecule has 466 valence electrons. The Morgan fingerprint density at radius 3 is 0.852 bits per heavy atom. The van der Waals surface area contributed by atoms with Crippen LogP contribution in [0.2, 0.25) is 0 Å². The highest BCUT2D eigenvalue weighted by molar-refractivity contribution is 5.72. The molecule has 81 heavy (non-hydrogen) atoms. The summed E-state index contributed by atoms with van der Waals surface area (Å²) in [5.41, 5.74) is 0. The quantitative estimate of drug-likeness (QED) is 0.0261. The van der Waals surface area contributed by atoms with Crippen LogP contribution >= 0.6 is 0 Å². The van der Waals surface area contributed by atoms with E-state index in [1.807, 2.05) is 6.08 Å². The Labute approximate surface area is 502 Å². The van der Waals surface area contributed by atoms with Gasteiger partial charge in [0.2, 0.25) is 0 Å². The zero-order valence-corrected chi connectivity index (χ0v) is 53.5.